The molecule has 0 aliphatic heterocycles. The first kappa shape index (κ1) is 14.2. The van der Waals surface area contributed by atoms with E-state index >= 15 is 0 Å². The highest BCUT2D eigenvalue weighted by Crippen LogP contribution is 2.37. The van der Waals surface area contributed by atoms with Gasteiger partial charge in [0.25, 0.3) is 0 Å². The molecule has 0 N–H and O–H groups in total. The van der Waals surface area contributed by atoms with E-state index in [1.54, 1.807) is 19.6 Å². The lowest BCUT2D eigenvalue weighted by Crippen LogP contribution is -1.96. The third-order valence-electron chi connectivity index (χ3n) is 3.95. The van der Waals surface area contributed by atoms with Crippen molar-refractivity contribution in [2.75, 3.05) is 7.11 Å². The van der Waals surface area contributed by atoms with Crippen molar-refractivity contribution in [3.8, 4) is 35.1 Å². The number of furan rings is 1. The third-order valence-corrected chi connectivity index (χ3v) is 3.95. The Morgan fingerprint density at radius 3 is 2.67 bits per heavy atom. The van der Waals surface area contributed by atoms with E-state index in [-0.39, 0.29) is 0 Å². The minimum absolute atomic E-state index is 0.677. The van der Waals surface area contributed by atoms with Gasteiger partial charge in [-0.15, -0.1) is 6.42 Å². The molecule has 24 heavy (non-hydrogen) atoms. The number of imidazole rings is 1. The number of aromatic nitrogens is 2. The normalized spacial score (nSPS) is 10.7. The Hall–Kier alpha value is -3.45. The molecule has 0 unspecified atom stereocenters. The van der Waals surface area contributed by atoms with Gasteiger partial charge in [0, 0.05) is 10.9 Å². The zero-order chi connectivity index (χ0) is 16.5. The van der Waals surface area contributed by atoms with Gasteiger partial charge >= 0.3 is 0 Å². The Morgan fingerprint density at radius 2 is 1.92 bits per heavy atom. The van der Waals surface area contributed by atoms with Gasteiger partial charge in [-0.3, -0.25) is 4.57 Å². The quantitative estimate of drug-likeness (QED) is 0.530. The smallest absolute Gasteiger partial charge is 0.159 e. The van der Waals surface area contributed by atoms with Crippen molar-refractivity contribution in [2.24, 2.45) is 0 Å². The Kier molecular flexibility index (Phi) is 3.33. The molecule has 4 aromatic rings. The van der Waals surface area contributed by atoms with Crippen LogP contribution in [-0.2, 0) is 0 Å². The van der Waals surface area contributed by atoms with Crippen molar-refractivity contribution in [1.29, 1.82) is 0 Å². The second-order valence-electron chi connectivity index (χ2n) is 5.30. The molecule has 2 heterocycles. The van der Waals surface area contributed by atoms with Gasteiger partial charge in [-0.25, -0.2) is 4.98 Å². The number of methoxy groups -OCH3 is 1. The number of benzene rings is 2. The fourth-order valence-corrected chi connectivity index (χ4v) is 2.79. The number of nitrogens with zero attached hydrogens (tertiary/aromatic N) is 2. The Morgan fingerprint density at radius 1 is 1.12 bits per heavy atom. The summed E-state index contributed by atoms with van der Waals surface area (Å²) in [6.07, 6.45) is 8.99. The van der Waals surface area contributed by atoms with Gasteiger partial charge in [0.1, 0.15) is 29.0 Å². The molecule has 2 aromatic heterocycles. The molecule has 116 valence electrons. The molecule has 0 aliphatic rings. The maximum absolute atomic E-state index is 6.12. The minimum Gasteiger partial charge on any atom is -0.497 e. The predicted molar refractivity (Wildman–Crippen MR) is 93.3 cm³/mol. The molecule has 0 radical (unpaired) electrons. The molecular formula is C20H14N2O2. The number of rotatable bonds is 3. The summed E-state index contributed by atoms with van der Waals surface area (Å²) < 4.78 is 13.2. The zero-order valence-electron chi connectivity index (χ0n) is 13.1. The van der Waals surface area contributed by atoms with E-state index in [1.807, 2.05) is 53.1 Å². The van der Waals surface area contributed by atoms with E-state index in [1.165, 1.54) is 0 Å². The largest absolute Gasteiger partial charge is 0.497 e. The highest BCUT2D eigenvalue weighted by atomic mass is 16.5. The van der Waals surface area contributed by atoms with E-state index in [0.29, 0.717) is 5.69 Å². The summed E-state index contributed by atoms with van der Waals surface area (Å²) in [7, 11) is 1.65. The predicted octanol–water partition coefficient (Wildman–Crippen LogP) is 4.28. The van der Waals surface area contributed by atoms with E-state index in [2.05, 4.69) is 10.9 Å². The fraction of sp³-hybridized carbons (Fsp3) is 0.0500. The summed E-state index contributed by atoms with van der Waals surface area (Å²) in [5.41, 5.74) is 3.31. The number of terminal acetylenes is 1. The lowest BCUT2D eigenvalue weighted by Gasteiger charge is -2.07. The Bertz CT molecular complexity index is 1050. The summed E-state index contributed by atoms with van der Waals surface area (Å²) in [5, 5.41) is 0.984. The summed E-state index contributed by atoms with van der Waals surface area (Å²) in [4.78, 5) is 4.18. The summed E-state index contributed by atoms with van der Waals surface area (Å²) >= 11 is 0. The first-order valence-electron chi connectivity index (χ1n) is 7.47. The molecular weight excluding hydrogens is 300 g/mol. The Labute approximate surface area is 139 Å². The van der Waals surface area contributed by atoms with Crippen molar-refractivity contribution in [2.45, 2.75) is 0 Å². The fourth-order valence-electron chi connectivity index (χ4n) is 2.79. The Balaban J connectivity index is 2.01. The van der Waals surface area contributed by atoms with Crippen LogP contribution in [0, 0.1) is 12.3 Å². The molecule has 2 aromatic carbocycles. The number of ether oxygens (including phenoxy) is 1. The topological polar surface area (TPSA) is 40.2 Å². The average Bonchev–Trinajstić information content (AvgIpc) is 3.25. The van der Waals surface area contributed by atoms with Gasteiger partial charge in [0.15, 0.2) is 5.76 Å². The lowest BCUT2D eigenvalue weighted by atomic mass is 10.1. The second kappa shape index (κ2) is 5.64. The van der Waals surface area contributed by atoms with Crippen molar-refractivity contribution < 1.29 is 9.15 Å². The van der Waals surface area contributed by atoms with E-state index in [0.717, 1.165) is 33.7 Å². The van der Waals surface area contributed by atoms with Crippen LogP contribution in [0.4, 0.5) is 0 Å². The third kappa shape index (κ3) is 2.15. The monoisotopic (exact) mass is 314 g/mol. The molecule has 0 saturated carbocycles. The molecule has 0 spiro atoms. The summed E-state index contributed by atoms with van der Waals surface area (Å²) in [5.74, 6) is 4.20. The van der Waals surface area contributed by atoms with E-state index in [4.69, 9.17) is 15.6 Å². The SMILES string of the molecule is C#Cc1cncn1-c1c(-c2ccc(OC)cc2)oc2ccccc12. The van der Waals surface area contributed by atoms with Crippen LogP contribution >= 0.6 is 0 Å². The lowest BCUT2D eigenvalue weighted by molar-refractivity contribution is 0.415. The molecule has 4 rings (SSSR count). The van der Waals surface area contributed by atoms with Crippen molar-refractivity contribution in [3.63, 3.8) is 0 Å². The van der Waals surface area contributed by atoms with Crippen molar-refractivity contribution in [1.82, 2.24) is 9.55 Å². The number of fused-ring (bicyclic) bond motifs is 1. The van der Waals surface area contributed by atoms with Crippen LogP contribution in [0.1, 0.15) is 5.69 Å². The second-order valence-corrected chi connectivity index (χ2v) is 5.30. The molecule has 0 saturated heterocycles. The first-order chi connectivity index (χ1) is 11.8. The van der Waals surface area contributed by atoms with Crippen molar-refractivity contribution >= 4 is 11.0 Å². The van der Waals surface area contributed by atoms with E-state index < -0.39 is 0 Å². The van der Waals surface area contributed by atoms with Crippen LogP contribution in [0.5, 0.6) is 5.75 Å². The molecule has 0 fully saturated rings. The number of hydrogen-bond acceptors (Lipinski definition) is 3. The van der Waals surface area contributed by atoms with Gasteiger partial charge in [-0.2, -0.15) is 0 Å². The van der Waals surface area contributed by atoms with Crippen LogP contribution in [0.2, 0.25) is 0 Å². The van der Waals surface area contributed by atoms with Crippen LogP contribution in [0.25, 0.3) is 28.0 Å². The maximum atomic E-state index is 6.12. The standard InChI is InChI=1S/C20H14N2O2/c1-3-15-12-21-13-22(15)19-17-6-4-5-7-18(17)24-20(19)14-8-10-16(23-2)11-9-14/h1,4-13H,2H3. The maximum Gasteiger partial charge on any atom is 0.159 e. The van der Waals surface area contributed by atoms with Gasteiger partial charge in [-0.05, 0) is 36.4 Å². The van der Waals surface area contributed by atoms with Gasteiger partial charge < -0.3 is 9.15 Å². The molecule has 4 heteroatoms. The summed E-state index contributed by atoms with van der Waals surface area (Å²) in [6, 6.07) is 15.6. The van der Waals surface area contributed by atoms with Crippen LogP contribution < -0.4 is 4.74 Å². The van der Waals surface area contributed by atoms with Crippen molar-refractivity contribution in [3.05, 3.63) is 66.7 Å². The first-order valence-corrected chi connectivity index (χ1v) is 7.47. The average molecular weight is 314 g/mol. The highest BCUT2D eigenvalue weighted by molar-refractivity contribution is 5.94. The zero-order valence-corrected chi connectivity index (χ0v) is 13.1. The highest BCUT2D eigenvalue weighted by Gasteiger charge is 2.19. The molecule has 0 atom stereocenters. The molecule has 0 bridgehead atoms. The van der Waals surface area contributed by atoms with Gasteiger partial charge in [0.05, 0.1) is 13.3 Å². The number of hydrogen-bond donors (Lipinski definition) is 0. The van der Waals surface area contributed by atoms with Gasteiger partial charge in [0.2, 0.25) is 0 Å². The molecule has 0 amide bonds. The van der Waals surface area contributed by atoms with Gasteiger partial charge in [-0.1, -0.05) is 18.1 Å². The van der Waals surface area contributed by atoms with Crippen LogP contribution in [0.3, 0.4) is 0 Å². The number of para-hydroxylation sites is 1. The molecule has 4 nitrogen and oxygen atoms in total. The van der Waals surface area contributed by atoms with Crippen LogP contribution in [0.15, 0.2) is 65.5 Å². The summed E-state index contributed by atoms with van der Waals surface area (Å²) in [6.45, 7) is 0. The minimum atomic E-state index is 0.677. The van der Waals surface area contributed by atoms with Crippen LogP contribution in [-0.4, -0.2) is 16.7 Å². The van der Waals surface area contributed by atoms with E-state index in [9.17, 15) is 0 Å². The molecule has 0 aliphatic carbocycles.